The molecule has 0 radical (unpaired) electrons. The summed E-state index contributed by atoms with van der Waals surface area (Å²) in [4.78, 5) is 57.7. The lowest BCUT2D eigenvalue weighted by molar-refractivity contribution is -0.149. The van der Waals surface area contributed by atoms with Crippen molar-refractivity contribution in [1.82, 2.24) is 25.3 Å². The van der Waals surface area contributed by atoms with Crippen LogP contribution in [0.4, 0.5) is 0 Å². The molecule has 37 heavy (non-hydrogen) atoms. The predicted octanol–water partition coefficient (Wildman–Crippen LogP) is -2.05. The highest BCUT2D eigenvalue weighted by Gasteiger charge is 2.47. The molecule has 0 spiro atoms. The van der Waals surface area contributed by atoms with Crippen molar-refractivity contribution < 1.29 is 34.1 Å². The molecule has 206 valence electrons. The second-order valence-electron chi connectivity index (χ2n) is 11.2. The maximum absolute atomic E-state index is 13.9. The first kappa shape index (κ1) is 26.3. The Kier molecular flexibility index (Phi) is 7.71. The number of nitrogens with zero attached hydrogens (tertiary/aromatic N) is 3. The molecule has 4 N–H and O–H groups in total. The van der Waals surface area contributed by atoms with Gasteiger partial charge in [0.2, 0.25) is 23.6 Å². The minimum atomic E-state index is -1.26. The van der Waals surface area contributed by atoms with Gasteiger partial charge in [0.15, 0.2) is 0 Å². The van der Waals surface area contributed by atoms with E-state index in [0.29, 0.717) is 19.5 Å². The molecule has 1 aliphatic carbocycles. The summed E-state index contributed by atoms with van der Waals surface area (Å²) < 4.78 is 5.77. The molecule has 6 bridgehead atoms. The first-order valence-corrected chi connectivity index (χ1v) is 13.6. The van der Waals surface area contributed by atoms with Crippen LogP contribution in [-0.2, 0) is 23.9 Å². The van der Waals surface area contributed by atoms with Crippen molar-refractivity contribution in [3.8, 4) is 0 Å². The first-order chi connectivity index (χ1) is 17.7. The third kappa shape index (κ3) is 5.34. The Morgan fingerprint density at radius 2 is 1.70 bits per heavy atom. The van der Waals surface area contributed by atoms with E-state index in [9.17, 15) is 29.4 Å². The van der Waals surface area contributed by atoms with Gasteiger partial charge in [0, 0.05) is 45.2 Å². The van der Waals surface area contributed by atoms with Crippen molar-refractivity contribution >= 4 is 23.6 Å². The highest BCUT2D eigenvalue weighted by atomic mass is 16.5. The molecule has 4 heterocycles. The largest absolute Gasteiger partial charge is 0.388 e. The molecule has 5 fully saturated rings. The number of hydrogen-bond donors (Lipinski definition) is 4. The summed E-state index contributed by atoms with van der Waals surface area (Å²) in [5.41, 5.74) is 0. The van der Waals surface area contributed by atoms with Crippen LogP contribution in [0.5, 0.6) is 0 Å². The Morgan fingerprint density at radius 3 is 2.43 bits per heavy atom. The second kappa shape index (κ2) is 10.8. The molecule has 0 aromatic carbocycles. The Morgan fingerprint density at radius 1 is 0.973 bits per heavy atom. The van der Waals surface area contributed by atoms with Gasteiger partial charge in [-0.2, -0.15) is 0 Å². The zero-order chi connectivity index (χ0) is 26.3. The van der Waals surface area contributed by atoms with Crippen molar-refractivity contribution in [2.75, 3.05) is 32.7 Å². The number of likely N-dealkylation sites (tertiary alicyclic amines) is 1. The van der Waals surface area contributed by atoms with Crippen LogP contribution in [0.3, 0.4) is 0 Å². The molecule has 1 saturated carbocycles. The highest BCUT2D eigenvalue weighted by molar-refractivity contribution is 5.89. The lowest BCUT2D eigenvalue weighted by atomic mass is 9.93. The monoisotopic (exact) mass is 521 g/mol. The Hall–Kier alpha value is -2.28. The van der Waals surface area contributed by atoms with Crippen LogP contribution in [0.25, 0.3) is 0 Å². The summed E-state index contributed by atoms with van der Waals surface area (Å²) in [5.74, 6) is -1.06. The first-order valence-electron chi connectivity index (χ1n) is 13.6. The van der Waals surface area contributed by atoms with Crippen LogP contribution in [0.1, 0.15) is 51.9 Å². The van der Waals surface area contributed by atoms with Crippen LogP contribution < -0.4 is 10.6 Å². The fourth-order valence-corrected chi connectivity index (χ4v) is 6.77. The van der Waals surface area contributed by atoms with Crippen molar-refractivity contribution in [2.24, 2.45) is 0 Å². The zero-order valence-corrected chi connectivity index (χ0v) is 21.4. The summed E-state index contributed by atoms with van der Waals surface area (Å²) in [6, 6.07) is -1.23. The lowest BCUT2D eigenvalue weighted by Crippen LogP contribution is -2.63. The molecule has 5 aliphatic rings. The Balaban J connectivity index is 1.42. The number of piperazine rings is 1. The van der Waals surface area contributed by atoms with Gasteiger partial charge in [0.25, 0.3) is 0 Å². The summed E-state index contributed by atoms with van der Waals surface area (Å²) in [5, 5.41) is 26.7. The van der Waals surface area contributed by atoms with Gasteiger partial charge in [0.05, 0.1) is 25.1 Å². The third-order valence-corrected chi connectivity index (χ3v) is 8.76. The van der Waals surface area contributed by atoms with E-state index in [-0.39, 0.29) is 55.9 Å². The number of aliphatic hydroxyl groups is 2. The standard InChI is InChI=1S/C25H39N5O7/c1-14(31)29-8-7-28-13-18(29)24(35)26-11-20-23(34)22(33)19(37-20)10-21(32)27-15-9-17(25(28)36)30(12-15)16-5-3-2-4-6-16/h15-20,22-23,33-34H,2-13H2,1H3,(H,26,35)(H,27,32)/t15-,17-,18-,19-,20+,22-,23+/m0/s1. The van der Waals surface area contributed by atoms with Crippen molar-refractivity contribution in [2.45, 2.75) is 100 Å². The van der Waals surface area contributed by atoms with Gasteiger partial charge in [-0.15, -0.1) is 0 Å². The van der Waals surface area contributed by atoms with Gasteiger partial charge in [-0.05, 0) is 19.3 Å². The number of ether oxygens (including phenoxy) is 1. The molecule has 0 unspecified atom stereocenters. The number of aliphatic hydroxyl groups excluding tert-OH is 2. The molecule has 12 heteroatoms. The van der Waals surface area contributed by atoms with Gasteiger partial charge in [-0.25, -0.2) is 0 Å². The molecular weight excluding hydrogens is 482 g/mol. The summed E-state index contributed by atoms with van der Waals surface area (Å²) in [6.45, 7) is 2.54. The van der Waals surface area contributed by atoms with E-state index in [4.69, 9.17) is 4.74 Å². The summed E-state index contributed by atoms with van der Waals surface area (Å²) in [6.07, 6.45) is 1.43. The molecule has 0 aromatic heterocycles. The number of carbonyl (C=O) groups is 4. The fourth-order valence-electron chi connectivity index (χ4n) is 6.77. The Bertz CT molecular complexity index is 912. The topological polar surface area (TPSA) is 152 Å². The number of carbonyl (C=O) groups excluding carboxylic acids is 4. The maximum Gasteiger partial charge on any atom is 0.244 e. The highest BCUT2D eigenvalue weighted by Crippen LogP contribution is 2.31. The summed E-state index contributed by atoms with van der Waals surface area (Å²) in [7, 11) is 0. The van der Waals surface area contributed by atoms with E-state index in [2.05, 4.69) is 15.5 Å². The van der Waals surface area contributed by atoms with Gasteiger partial charge in [-0.1, -0.05) is 19.3 Å². The van der Waals surface area contributed by atoms with Crippen LogP contribution in [0.2, 0.25) is 0 Å². The average molecular weight is 522 g/mol. The van der Waals surface area contributed by atoms with Gasteiger partial charge in [0.1, 0.15) is 24.4 Å². The number of fused-ring (bicyclic) bond motifs is 6. The lowest BCUT2D eigenvalue weighted by Gasteiger charge is -2.42. The molecule has 12 nitrogen and oxygen atoms in total. The van der Waals surface area contributed by atoms with E-state index in [0.717, 1.165) is 25.7 Å². The predicted molar refractivity (Wildman–Crippen MR) is 130 cm³/mol. The van der Waals surface area contributed by atoms with E-state index in [1.54, 1.807) is 4.90 Å². The number of hydrogen-bond acceptors (Lipinski definition) is 8. The average Bonchev–Trinajstić information content (AvgIpc) is 3.42. The van der Waals surface area contributed by atoms with E-state index in [1.165, 1.54) is 18.2 Å². The van der Waals surface area contributed by atoms with Crippen molar-refractivity contribution in [3.05, 3.63) is 0 Å². The van der Waals surface area contributed by atoms with Crippen LogP contribution in [-0.4, -0.2) is 130 Å². The van der Waals surface area contributed by atoms with E-state index >= 15 is 0 Å². The summed E-state index contributed by atoms with van der Waals surface area (Å²) >= 11 is 0. The van der Waals surface area contributed by atoms with Crippen LogP contribution >= 0.6 is 0 Å². The van der Waals surface area contributed by atoms with E-state index < -0.39 is 42.4 Å². The quantitative estimate of drug-likeness (QED) is 0.308. The molecule has 0 aromatic rings. The molecule has 4 saturated heterocycles. The Labute approximate surface area is 216 Å². The second-order valence-corrected chi connectivity index (χ2v) is 11.2. The molecule has 5 rings (SSSR count). The fraction of sp³-hybridized carbons (Fsp3) is 0.840. The van der Waals surface area contributed by atoms with Gasteiger partial charge in [-0.3, -0.25) is 24.1 Å². The van der Waals surface area contributed by atoms with Gasteiger partial charge >= 0.3 is 0 Å². The third-order valence-electron chi connectivity index (χ3n) is 8.76. The number of nitrogens with one attached hydrogen (secondary N) is 2. The normalized spacial score (nSPS) is 38.5. The number of amides is 4. The SMILES string of the molecule is CC(=O)N1CCN2C[C@H]1C(=O)NC[C@H]1O[C@@H](CC(=O)N[C@H]3C[C@@H](C2=O)N(C2CCCCC2)C3)[C@H](O)[C@@H]1O. The number of rotatable bonds is 1. The minimum Gasteiger partial charge on any atom is -0.388 e. The smallest absolute Gasteiger partial charge is 0.244 e. The molecule has 4 aliphatic heterocycles. The van der Waals surface area contributed by atoms with Crippen LogP contribution in [0, 0.1) is 0 Å². The minimum absolute atomic E-state index is 0.0651. The van der Waals surface area contributed by atoms with Crippen molar-refractivity contribution in [1.29, 1.82) is 0 Å². The van der Waals surface area contributed by atoms with Crippen molar-refractivity contribution in [3.63, 3.8) is 0 Å². The zero-order valence-electron chi connectivity index (χ0n) is 21.4. The molecule has 4 amide bonds. The van der Waals surface area contributed by atoms with E-state index in [1.807, 2.05) is 0 Å². The maximum atomic E-state index is 13.9. The molecule has 7 atom stereocenters. The molecular formula is C25H39N5O7. The van der Waals surface area contributed by atoms with Gasteiger partial charge < -0.3 is 35.4 Å². The van der Waals surface area contributed by atoms with Crippen LogP contribution in [0.15, 0.2) is 0 Å².